The van der Waals surface area contributed by atoms with Gasteiger partial charge in [0.15, 0.2) is 0 Å². The average Bonchev–Trinajstić information content (AvgIpc) is 3.08. The molecular weight excluding hydrogens is 376 g/mol. The largest absolute Gasteiger partial charge is 0.333 e. The van der Waals surface area contributed by atoms with Crippen molar-refractivity contribution >= 4 is 51.1 Å². The summed E-state index contributed by atoms with van der Waals surface area (Å²) in [5.41, 5.74) is 0.401. The lowest BCUT2D eigenvalue weighted by Gasteiger charge is -2.19. The molecule has 0 fully saturated rings. The third-order valence-corrected chi connectivity index (χ3v) is 6.03. The van der Waals surface area contributed by atoms with Crippen molar-refractivity contribution in [1.82, 2.24) is 4.90 Å². The molecule has 0 aliphatic heterocycles. The second-order valence-electron chi connectivity index (χ2n) is 6.85. The molecule has 2 aromatic rings. The van der Waals surface area contributed by atoms with Crippen molar-refractivity contribution < 1.29 is 9.59 Å². The van der Waals surface area contributed by atoms with Gasteiger partial charge in [-0.15, -0.1) is 22.7 Å². The molecule has 2 rings (SSSR count). The van der Waals surface area contributed by atoms with E-state index in [9.17, 15) is 9.59 Å². The van der Waals surface area contributed by atoms with Crippen molar-refractivity contribution in [1.29, 1.82) is 0 Å². The molecule has 0 unspecified atom stereocenters. The molecule has 7 heteroatoms. The highest BCUT2D eigenvalue weighted by Crippen LogP contribution is 2.30. The number of carbonyl (C=O) groups excluding carboxylic acids is 2. The summed E-state index contributed by atoms with van der Waals surface area (Å²) in [5, 5.41) is 3.61. The molecule has 2 heterocycles. The summed E-state index contributed by atoms with van der Waals surface area (Å²) in [4.78, 5) is 28.5. The zero-order valence-corrected chi connectivity index (χ0v) is 17.5. The molecule has 1 N–H and O–H groups in total. The number of halogens is 1. The molecule has 0 spiro atoms. The summed E-state index contributed by atoms with van der Waals surface area (Å²) in [6, 6.07) is 5.65. The number of nitrogens with zero attached hydrogens (tertiary/aromatic N) is 1. The first kappa shape index (κ1) is 19.9. The van der Waals surface area contributed by atoms with E-state index >= 15 is 0 Å². The van der Waals surface area contributed by atoms with E-state index in [0.29, 0.717) is 23.0 Å². The van der Waals surface area contributed by atoms with E-state index in [1.54, 1.807) is 4.90 Å². The number of amides is 2. The van der Waals surface area contributed by atoms with Crippen LogP contribution in [-0.4, -0.2) is 23.3 Å². The van der Waals surface area contributed by atoms with Crippen molar-refractivity contribution in [2.75, 3.05) is 11.9 Å². The number of nitrogens with one attached hydrogen (secondary N) is 1. The maximum atomic E-state index is 12.9. The van der Waals surface area contributed by atoms with Crippen molar-refractivity contribution in [2.24, 2.45) is 5.41 Å². The first-order chi connectivity index (χ1) is 11.6. The Morgan fingerprint density at radius 2 is 1.92 bits per heavy atom. The molecular formula is C18H23ClN2O2S2. The van der Waals surface area contributed by atoms with Gasteiger partial charge in [0.05, 0.1) is 20.8 Å². The van der Waals surface area contributed by atoms with Gasteiger partial charge >= 0.3 is 0 Å². The second-order valence-corrected chi connectivity index (χ2v) is 9.70. The predicted molar refractivity (Wildman–Crippen MR) is 107 cm³/mol. The topological polar surface area (TPSA) is 49.4 Å². The first-order valence-corrected chi connectivity index (χ1v) is 10.1. The van der Waals surface area contributed by atoms with Gasteiger partial charge in [-0.2, -0.15) is 0 Å². The van der Waals surface area contributed by atoms with Gasteiger partial charge in [0.2, 0.25) is 5.91 Å². The quantitative estimate of drug-likeness (QED) is 0.731. The van der Waals surface area contributed by atoms with Crippen LogP contribution in [0.15, 0.2) is 18.2 Å². The average molecular weight is 399 g/mol. The van der Waals surface area contributed by atoms with E-state index in [1.807, 2.05) is 52.8 Å². The SMILES string of the molecule is CCN(Cc1ccc(Cl)s1)C(=O)c1sc(NC(=O)C(C)(C)C)cc1C. The van der Waals surface area contributed by atoms with E-state index in [2.05, 4.69) is 5.32 Å². The lowest BCUT2D eigenvalue weighted by molar-refractivity contribution is -0.123. The van der Waals surface area contributed by atoms with E-state index in [1.165, 1.54) is 22.7 Å². The van der Waals surface area contributed by atoms with Crippen molar-refractivity contribution in [3.8, 4) is 0 Å². The highest BCUT2D eigenvalue weighted by molar-refractivity contribution is 7.18. The smallest absolute Gasteiger partial charge is 0.264 e. The second kappa shape index (κ2) is 7.89. The van der Waals surface area contributed by atoms with Crippen molar-refractivity contribution in [2.45, 2.75) is 41.2 Å². The molecule has 0 atom stereocenters. The fourth-order valence-corrected chi connectivity index (χ4v) is 4.29. The number of anilines is 1. The van der Waals surface area contributed by atoms with Gasteiger partial charge < -0.3 is 10.2 Å². The summed E-state index contributed by atoms with van der Waals surface area (Å²) in [6.07, 6.45) is 0. The lowest BCUT2D eigenvalue weighted by atomic mass is 9.96. The summed E-state index contributed by atoms with van der Waals surface area (Å²) < 4.78 is 0.720. The van der Waals surface area contributed by atoms with Crippen molar-refractivity contribution in [3.63, 3.8) is 0 Å². The van der Waals surface area contributed by atoms with Crippen LogP contribution < -0.4 is 5.32 Å². The number of rotatable bonds is 5. The van der Waals surface area contributed by atoms with Gasteiger partial charge in [0.1, 0.15) is 0 Å². The van der Waals surface area contributed by atoms with Gasteiger partial charge in [-0.1, -0.05) is 32.4 Å². The van der Waals surface area contributed by atoms with Crippen LogP contribution in [0.1, 0.15) is 47.8 Å². The normalized spacial score (nSPS) is 11.4. The molecule has 2 amide bonds. The molecule has 25 heavy (non-hydrogen) atoms. The minimum atomic E-state index is -0.476. The Morgan fingerprint density at radius 3 is 2.44 bits per heavy atom. The van der Waals surface area contributed by atoms with Crippen LogP contribution in [0.3, 0.4) is 0 Å². The lowest BCUT2D eigenvalue weighted by Crippen LogP contribution is -2.29. The fraction of sp³-hybridized carbons (Fsp3) is 0.444. The Kier molecular flexibility index (Phi) is 6.30. The molecule has 136 valence electrons. The Bertz CT molecular complexity index is 774. The van der Waals surface area contributed by atoms with Crippen LogP contribution in [0.25, 0.3) is 0 Å². The number of carbonyl (C=O) groups is 2. The Balaban J connectivity index is 2.16. The molecule has 4 nitrogen and oxygen atoms in total. The maximum Gasteiger partial charge on any atom is 0.264 e. The van der Waals surface area contributed by atoms with E-state index < -0.39 is 5.41 Å². The van der Waals surface area contributed by atoms with Crippen molar-refractivity contribution in [3.05, 3.63) is 37.9 Å². The molecule has 0 aliphatic rings. The Labute approximate surface area is 161 Å². The number of thiophene rings is 2. The number of aryl methyl sites for hydroxylation is 1. The molecule has 0 aliphatic carbocycles. The third kappa shape index (κ3) is 5.06. The van der Waals surface area contributed by atoms with E-state index in [4.69, 9.17) is 11.6 Å². The maximum absolute atomic E-state index is 12.9. The molecule has 0 aromatic carbocycles. The predicted octanol–water partition coefficient (Wildman–Crippen LogP) is 5.42. The molecule has 0 saturated carbocycles. The van der Waals surface area contributed by atoms with Crippen LogP contribution in [0.2, 0.25) is 4.34 Å². The highest BCUT2D eigenvalue weighted by Gasteiger charge is 2.24. The summed E-state index contributed by atoms with van der Waals surface area (Å²) in [5.74, 6) is -0.0842. The minimum absolute atomic E-state index is 0.0224. The minimum Gasteiger partial charge on any atom is -0.333 e. The van der Waals surface area contributed by atoms with Gasteiger partial charge in [-0.05, 0) is 37.6 Å². The number of hydrogen-bond acceptors (Lipinski definition) is 4. The zero-order valence-electron chi connectivity index (χ0n) is 15.1. The van der Waals surface area contributed by atoms with E-state index in [0.717, 1.165) is 14.8 Å². The van der Waals surface area contributed by atoms with Gasteiger partial charge in [0.25, 0.3) is 5.91 Å². The fourth-order valence-electron chi connectivity index (χ4n) is 2.15. The van der Waals surface area contributed by atoms with Crippen LogP contribution in [-0.2, 0) is 11.3 Å². The van der Waals surface area contributed by atoms with Gasteiger partial charge in [-0.3, -0.25) is 9.59 Å². The molecule has 2 aromatic heterocycles. The highest BCUT2D eigenvalue weighted by atomic mass is 35.5. The third-order valence-electron chi connectivity index (χ3n) is 3.67. The monoisotopic (exact) mass is 398 g/mol. The zero-order chi connectivity index (χ0) is 18.8. The standard InChI is InChI=1S/C18H23ClN2O2S2/c1-6-21(10-12-7-8-13(19)24-12)16(22)15-11(2)9-14(25-15)20-17(23)18(3,4)5/h7-9H,6,10H2,1-5H3,(H,20,23). The Hall–Kier alpha value is -1.37. The van der Waals surface area contributed by atoms with Gasteiger partial charge in [0, 0.05) is 16.8 Å². The van der Waals surface area contributed by atoms with Crippen LogP contribution in [0, 0.1) is 12.3 Å². The van der Waals surface area contributed by atoms with Crippen LogP contribution >= 0.6 is 34.3 Å². The Morgan fingerprint density at radius 1 is 1.24 bits per heavy atom. The van der Waals surface area contributed by atoms with Crippen LogP contribution in [0.4, 0.5) is 5.00 Å². The first-order valence-electron chi connectivity index (χ1n) is 8.07. The summed E-state index contributed by atoms with van der Waals surface area (Å²) >= 11 is 8.78. The molecule has 0 bridgehead atoms. The van der Waals surface area contributed by atoms with Gasteiger partial charge in [-0.25, -0.2) is 0 Å². The number of hydrogen-bond donors (Lipinski definition) is 1. The molecule has 0 saturated heterocycles. The van der Waals surface area contributed by atoms with E-state index in [-0.39, 0.29) is 11.8 Å². The molecule has 0 radical (unpaired) electrons. The summed E-state index contributed by atoms with van der Waals surface area (Å²) in [6.45, 7) is 10.6. The van der Waals surface area contributed by atoms with Crippen LogP contribution in [0.5, 0.6) is 0 Å². The summed E-state index contributed by atoms with van der Waals surface area (Å²) in [7, 11) is 0.